The number of carbonyl (C=O) groups excluding carboxylic acids is 1. The van der Waals surface area contributed by atoms with E-state index in [-0.39, 0.29) is 23.9 Å². The highest BCUT2D eigenvalue weighted by atomic mass is 32.2. The highest BCUT2D eigenvalue weighted by Gasteiger charge is 2.30. The zero-order valence-corrected chi connectivity index (χ0v) is 16.4. The number of aromatic nitrogens is 1. The molecule has 0 atom stereocenters. The minimum absolute atomic E-state index is 0.0848. The van der Waals surface area contributed by atoms with Gasteiger partial charge >= 0.3 is 0 Å². The summed E-state index contributed by atoms with van der Waals surface area (Å²) in [6.45, 7) is 3.16. The lowest BCUT2D eigenvalue weighted by Gasteiger charge is -2.34. The Labute approximate surface area is 164 Å². The van der Waals surface area contributed by atoms with E-state index in [0.717, 1.165) is 16.6 Å². The van der Waals surface area contributed by atoms with Gasteiger partial charge in [-0.15, -0.1) is 0 Å². The first-order valence-electron chi connectivity index (χ1n) is 9.18. The summed E-state index contributed by atoms with van der Waals surface area (Å²) in [6, 6.07) is 17.8. The van der Waals surface area contributed by atoms with Gasteiger partial charge in [0.15, 0.2) is 0 Å². The van der Waals surface area contributed by atoms with Gasteiger partial charge in [0, 0.05) is 37.3 Å². The second-order valence-corrected chi connectivity index (χ2v) is 8.78. The monoisotopic (exact) mass is 395 g/mol. The van der Waals surface area contributed by atoms with Crippen LogP contribution in [-0.2, 0) is 10.0 Å². The van der Waals surface area contributed by atoms with Crippen LogP contribution >= 0.6 is 0 Å². The summed E-state index contributed by atoms with van der Waals surface area (Å²) in [5.74, 6) is -0.0848. The van der Waals surface area contributed by atoms with Gasteiger partial charge in [-0.05, 0) is 31.2 Å². The average Bonchev–Trinajstić information content (AvgIpc) is 2.73. The molecule has 7 heteroatoms. The number of benzene rings is 2. The van der Waals surface area contributed by atoms with Crippen LogP contribution in [0.1, 0.15) is 16.1 Å². The fraction of sp³-hybridized carbons (Fsp3) is 0.238. The number of nitrogens with zero attached hydrogens (tertiary/aromatic N) is 3. The van der Waals surface area contributed by atoms with Crippen LogP contribution in [0.3, 0.4) is 0 Å². The molecule has 1 aliphatic rings. The Morgan fingerprint density at radius 3 is 2.29 bits per heavy atom. The Bertz CT molecular complexity index is 1120. The second-order valence-electron chi connectivity index (χ2n) is 6.84. The Hall–Kier alpha value is -2.77. The molecule has 6 nitrogen and oxygen atoms in total. The van der Waals surface area contributed by atoms with Crippen LogP contribution in [0, 0.1) is 6.92 Å². The molecule has 1 fully saturated rings. The Morgan fingerprint density at radius 1 is 0.929 bits per heavy atom. The molecule has 0 spiro atoms. The van der Waals surface area contributed by atoms with Crippen molar-refractivity contribution in [2.24, 2.45) is 0 Å². The van der Waals surface area contributed by atoms with Gasteiger partial charge in [-0.2, -0.15) is 4.31 Å². The topological polar surface area (TPSA) is 70.6 Å². The molecule has 0 bridgehead atoms. The third kappa shape index (κ3) is 3.39. The standard InChI is InChI=1S/C21H21N3O3S/c1-16-15-19(18-9-5-6-10-20(18)22-16)21(25)23-11-13-24(14-12-23)28(26,27)17-7-3-2-4-8-17/h2-10,15H,11-14H2,1H3. The molecule has 1 aromatic heterocycles. The SMILES string of the molecule is Cc1cc(C(=O)N2CCN(S(=O)(=O)c3ccccc3)CC2)c2ccccc2n1. The minimum Gasteiger partial charge on any atom is -0.336 e. The maximum atomic E-state index is 13.1. The largest absolute Gasteiger partial charge is 0.336 e. The zero-order chi connectivity index (χ0) is 19.7. The Morgan fingerprint density at radius 2 is 1.57 bits per heavy atom. The van der Waals surface area contributed by atoms with Crippen molar-refractivity contribution in [3.63, 3.8) is 0 Å². The molecule has 1 aliphatic heterocycles. The van der Waals surface area contributed by atoms with E-state index in [9.17, 15) is 13.2 Å². The molecule has 144 valence electrons. The van der Waals surface area contributed by atoms with Crippen LogP contribution in [0.4, 0.5) is 0 Å². The molecular formula is C21H21N3O3S. The van der Waals surface area contributed by atoms with Crippen LogP contribution in [0.15, 0.2) is 65.6 Å². The van der Waals surface area contributed by atoms with Crippen molar-refractivity contribution in [1.29, 1.82) is 0 Å². The van der Waals surface area contributed by atoms with E-state index < -0.39 is 10.0 Å². The van der Waals surface area contributed by atoms with Gasteiger partial charge < -0.3 is 4.90 Å². The van der Waals surface area contributed by atoms with E-state index >= 15 is 0 Å². The van der Waals surface area contributed by atoms with Crippen molar-refractivity contribution in [3.8, 4) is 0 Å². The summed E-state index contributed by atoms with van der Waals surface area (Å²) < 4.78 is 27.0. The summed E-state index contributed by atoms with van der Waals surface area (Å²) in [7, 11) is -3.53. The number of para-hydroxylation sites is 1. The maximum Gasteiger partial charge on any atom is 0.254 e. The number of piperazine rings is 1. The number of hydrogen-bond acceptors (Lipinski definition) is 4. The van der Waals surface area contributed by atoms with Crippen molar-refractivity contribution in [3.05, 3.63) is 71.9 Å². The molecule has 0 N–H and O–H groups in total. The highest BCUT2D eigenvalue weighted by Crippen LogP contribution is 2.22. The normalized spacial score (nSPS) is 15.7. The molecule has 2 heterocycles. The Kier molecular flexibility index (Phi) is 4.87. The predicted molar refractivity (Wildman–Crippen MR) is 108 cm³/mol. The number of sulfonamides is 1. The van der Waals surface area contributed by atoms with Crippen molar-refractivity contribution < 1.29 is 13.2 Å². The molecule has 0 radical (unpaired) electrons. The van der Waals surface area contributed by atoms with Crippen molar-refractivity contribution in [2.75, 3.05) is 26.2 Å². The van der Waals surface area contributed by atoms with E-state index in [0.29, 0.717) is 18.7 Å². The fourth-order valence-corrected chi connectivity index (χ4v) is 4.97. The smallest absolute Gasteiger partial charge is 0.254 e. The van der Waals surface area contributed by atoms with Gasteiger partial charge in [-0.3, -0.25) is 9.78 Å². The van der Waals surface area contributed by atoms with Crippen molar-refractivity contribution in [1.82, 2.24) is 14.2 Å². The lowest BCUT2D eigenvalue weighted by Crippen LogP contribution is -2.50. The third-order valence-corrected chi connectivity index (χ3v) is 6.89. The molecule has 1 amide bonds. The average molecular weight is 395 g/mol. The predicted octanol–water partition coefficient (Wildman–Crippen LogP) is 2.69. The van der Waals surface area contributed by atoms with E-state index in [2.05, 4.69) is 4.98 Å². The zero-order valence-electron chi connectivity index (χ0n) is 15.6. The van der Waals surface area contributed by atoms with E-state index in [4.69, 9.17) is 0 Å². The van der Waals surface area contributed by atoms with Crippen LogP contribution in [0.5, 0.6) is 0 Å². The fourth-order valence-electron chi connectivity index (χ4n) is 3.53. The summed E-state index contributed by atoms with van der Waals surface area (Å²) in [5.41, 5.74) is 2.19. The van der Waals surface area contributed by atoms with Crippen LogP contribution in [0.25, 0.3) is 10.9 Å². The van der Waals surface area contributed by atoms with Gasteiger partial charge in [0.2, 0.25) is 10.0 Å². The second kappa shape index (κ2) is 7.33. The van der Waals surface area contributed by atoms with Gasteiger partial charge in [-0.25, -0.2) is 8.42 Å². The van der Waals surface area contributed by atoms with E-state index in [1.165, 1.54) is 4.31 Å². The van der Waals surface area contributed by atoms with E-state index in [1.807, 2.05) is 31.2 Å². The van der Waals surface area contributed by atoms with E-state index in [1.54, 1.807) is 41.3 Å². The molecule has 0 saturated carbocycles. The Balaban J connectivity index is 1.54. The third-order valence-electron chi connectivity index (χ3n) is 4.98. The summed E-state index contributed by atoms with van der Waals surface area (Å²) in [4.78, 5) is 19.6. The van der Waals surface area contributed by atoms with Crippen molar-refractivity contribution in [2.45, 2.75) is 11.8 Å². The lowest BCUT2D eigenvalue weighted by molar-refractivity contribution is 0.0699. The molecule has 3 aromatic rings. The van der Waals surface area contributed by atoms with Crippen LogP contribution in [0.2, 0.25) is 0 Å². The first kappa shape index (κ1) is 18.6. The van der Waals surface area contributed by atoms with Crippen LogP contribution < -0.4 is 0 Å². The van der Waals surface area contributed by atoms with Gasteiger partial charge in [0.1, 0.15) is 0 Å². The summed E-state index contributed by atoms with van der Waals surface area (Å²) in [6.07, 6.45) is 0. The van der Waals surface area contributed by atoms with Gasteiger partial charge in [0.05, 0.1) is 16.0 Å². The number of aryl methyl sites for hydroxylation is 1. The molecule has 4 rings (SSSR count). The minimum atomic E-state index is -3.53. The number of hydrogen-bond donors (Lipinski definition) is 0. The molecule has 2 aromatic carbocycles. The first-order valence-corrected chi connectivity index (χ1v) is 10.6. The number of carbonyl (C=O) groups is 1. The van der Waals surface area contributed by atoms with Crippen LogP contribution in [-0.4, -0.2) is 54.7 Å². The quantitative estimate of drug-likeness (QED) is 0.684. The molecule has 0 unspecified atom stereocenters. The number of fused-ring (bicyclic) bond motifs is 1. The molecule has 28 heavy (non-hydrogen) atoms. The number of amides is 1. The lowest BCUT2D eigenvalue weighted by atomic mass is 10.1. The number of rotatable bonds is 3. The summed E-state index contributed by atoms with van der Waals surface area (Å²) >= 11 is 0. The molecule has 0 aliphatic carbocycles. The van der Waals surface area contributed by atoms with Gasteiger partial charge in [-0.1, -0.05) is 36.4 Å². The number of pyridine rings is 1. The molecular weight excluding hydrogens is 374 g/mol. The highest BCUT2D eigenvalue weighted by molar-refractivity contribution is 7.89. The first-order chi connectivity index (χ1) is 13.5. The van der Waals surface area contributed by atoms with Gasteiger partial charge in [0.25, 0.3) is 5.91 Å². The maximum absolute atomic E-state index is 13.1. The van der Waals surface area contributed by atoms with Crippen molar-refractivity contribution >= 4 is 26.8 Å². The summed E-state index contributed by atoms with van der Waals surface area (Å²) in [5, 5.41) is 0.817. The molecule has 1 saturated heterocycles.